The number of aromatic amines is 2. The molecular formula is C26H25N7O2. The third-order valence-corrected chi connectivity index (χ3v) is 6.71. The van der Waals surface area contributed by atoms with Gasteiger partial charge in [-0.15, -0.1) is 5.10 Å². The van der Waals surface area contributed by atoms with Crippen LogP contribution in [0.4, 0.5) is 0 Å². The highest BCUT2D eigenvalue weighted by atomic mass is 16.2. The van der Waals surface area contributed by atoms with Gasteiger partial charge in [-0.3, -0.25) is 14.5 Å². The van der Waals surface area contributed by atoms with Gasteiger partial charge in [0.25, 0.3) is 5.56 Å². The number of fused-ring (bicyclic) bond motifs is 2. The van der Waals surface area contributed by atoms with Gasteiger partial charge in [-0.25, -0.2) is 4.68 Å². The number of nitrogens with one attached hydrogen (secondary N) is 2. The Labute approximate surface area is 201 Å². The number of piperazine rings is 1. The van der Waals surface area contributed by atoms with Crippen LogP contribution >= 0.6 is 0 Å². The van der Waals surface area contributed by atoms with Crippen molar-refractivity contribution in [1.29, 1.82) is 0 Å². The van der Waals surface area contributed by atoms with E-state index >= 15 is 0 Å². The second-order valence-electron chi connectivity index (χ2n) is 9.02. The molecule has 1 amide bonds. The van der Waals surface area contributed by atoms with Crippen molar-refractivity contribution in [3.05, 3.63) is 76.8 Å². The molecule has 1 saturated heterocycles. The highest BCUT2D eigenvalue weighted by molar-refractivity contribution is 5.89. The molecule has 3 aromatic heterocycles. The highest BCUT2D eigenvalue weighted by Crippen LogP contribution is 2.26. The number of amides is 1. The summed E-state index contributed by atoms with van der Waals surface area (Å²) in [5.41, 5.74) is 5.07. The van der Waals surface area contributed by atoms with Gasteiger partial charge in [-0.1, -0.05) is 11.3 Å². The van der Waals surface area contributed by atoms with Crippen LogP contribution in [0.5, 0.6) is 0 Å². The number of pyridine rings is 1. The third kappa shape index (κ3) is 4.10. The summed E-state index contributed by atoms with van der Waals surface area (Å²) in [5.74, 6) is 0.143. The molecule has 0 atom stereocenters. The van der Waals surface area contributed by atoms with Gasteiger partial charge in [-0.2, -0.15) is 0 Å². The number of carbonyl (C=O) groups excluding carboxylic acids is 1. The first-order valence-electron chi connectivity index (χ1n) is 11.7. The molecule has 35 heavy (non-hydrogen) atoms. The number of carbonyl (C=O) groups is 1. The average molecular weight is 468 g/mol. The molecule has 9 nitrogen and oxygen atoms in total. The Morgan fingerprint density at radius 1 is 0.943 bits per heavy atom. The summed E-state index contributed by atoms with van der Waals surface area (Å²) in [6.45, 7) is 5.76. The van der Waals surface area contributed by atoms with E-state index in [-0.39, 0.29) is 11.5 Å². The first kappa shape index (κ1) is 21.3. The van der Waals surface area contributed by atoms with Crippen molar-refractivity contribution in [3.63, 3.8) is 0 Å². The fourth-order valence-corrected chi connectivity index (χ4v) is 4.79. The molecule has 6 rings (SSSR count). The van der Waals surface area contributed by atoms with Crippen LogP contribution in [-0.2, 0) is 11.3 Å². The second-order valence-corrected chi connectivity index (χ2v) is 9.02. The smallest absolute Gasteiger partial charge is 0.257 e. The van der Waals surface area contributed by atoms with Gasteiger partial charge in [0.2, 0.25) is 5.91 Å². The Morgan fingerprint density at radius 2 is 1.71 bits per heavy atom. The summed E-state index contributed by atoms with van der Waals surface area (Å²) in [7, 11) is 0. The molecule has 1 fully saturated rings. The average Bonchev–Trinajstić information content (AvgIpc) is 3.54. The van der Waals surface area contributed by atoms with Crippen LogP contribution in [0.3, 0.4) is 0 Å². The Balaban J connectivity index is 1.29. The van der Waals surface area contributed by atoms with Gasteiger partial charge < -0.3 is 14.9 Å². The predicted molar refractivity (Wildman–Crippen MR) is 134 cm³/mol. The van der Waals surface area contributed by atoms with Gasteiger partial charge in [0.15, 0.2) is 0 Å². The van der Waals surface area contributed by atoms with E-state index in [1.807, 2.05) is 35.2 Å². The van der Waals surface area contributed by atoms with E-state index in [9.17, 15) is 9.59 Å². The molecule has 1 aliphatic heterocycles. The van der Waals surface area contributed by atoms with Gasteiger partial charge in [0.05, 0.1) is 29.3 Å². The summed E-state index contributed by atoms with van der Waals surface area (Å²) >= 11 is 0. The van der Waals surface area contributed by atoms with Crippen molar-refractivity contribution in [3.8, 4) is 16.9 Å². The van der Waals surface area contributed by atoms with Gasteiger partial charge in [-0.05, 0) is 48.0 Å². The lowest BCUT2D eigenvalue weighted by molar-refractivity contribution is -0.130. The third-order valence-electron chi connectivity index (χ3n) is 6.71. The quantitative estimate of drug-likeness (QED) is 0.423. The van der Waals surface area contributed by atoms with Crippen LogP contribution in [0.1, 0.15) is 12.5 Å². The van der Waals surface area contributed by atoms with Crippen LogP contribution in [0.15, 0.2) is 65.7 Å². The van der Waals surface area contributed by atoms with Crippen LogP contribution < -0.4 is 5.56 Å². The molecule has 176 valence electrons. The van der Waals surface area contributed by atoms with E-state index in [1.165, 1.54) is 5.56 Å². The van der Waals surface area contributed by atoms with Crippen LogP contribution in [0, 0.1) is 0 Å². The molecule has 2 aromatic carbocycles. The number of H-pyrrole nitrogens is 2. The summed E-state index contributed by atoms with van der Waals surface area (Å²) in [5, 5.41) is 9.90. The van der Waals surface area contributed by atoms with E-state index in [1.54, 1.807) is 24.0 Å². The molecule has 0 bridgehead atoms. The monoisotopic (exact) mass is 467 g/mol. The fraction of sp³-hybridized carbons (Fsp3) is 0.231. The zero-order valence-electron chi connectivity index (χ0n) is 19.4. The minimum Gasteiger partial charge on any atom is -0.354 e. The lowest BCUT2D eigenvalue weighted by Crippen LogP contribution is -2.47. The fourth-order valence-electron chi connectivity index (χ4n) is 4.79. The van der Waals surface area contributed by atoms with E-state index in [2.05, 4.69) is 43.4 Å². The number of nitrogens with zero attached hydrogens (tertiary/aromatic N) is 5. The second kappa shape index (κ2) is 8.52. The summed E-state index contributed by atoms with van der Waals surface area (Å²) in [6.07, 6.45) is 3.42. The van der Waals surface area contributed by atoms with E-state index in [0.29, 0.717) is 5.56 Å². The minimum atomic E-state index is -0.138. The zero-order valence-corrected chi connectivity index (χ0v) is 19.4. The maximum absolute atomic E-state index is 12.9. The number of aromatic nitrogens is 5. The zero-order chi connectivity index (χ0) is 23.9. The number of hydrogen-bond acceptors (Lipinski definition) is 5. The van der Waals surface area contributed by atoms with Crippen LogP contribution in [-0.4, -0.2) is 66.8 Å². The SMILES string of the molecule is CC(=O)N1CCN(Cc2ccc3[nH]c(-c4cc5cc(-n6ccnn6)ccc5[nH]c4=O)cc3c2)CC1. The molecule has 5 aromatic rings. The number of hydrogen-bond donors (Lipinski definition) is 2. The summed E-state index contributed by atoms with van der Waals surface area (Å²) in [6, 6.07) is 16.1. The van der Waals surface area contributed by atoms with Crippen molar-refractivity contribution in [1.82, 2.24) is 34.8 Å². The van der Waals surface area contributed by atoms with Crippen molar-refractivity contribution in [2.45, 2.75) is 13.5 Å². The molecule has 0 spiro atoms. The van der Waals surface area contributed by atoms with E-state index in [0.717, 1.165) is 65.9 Å². The topological polar surface area (TPSA) is 103 Å². The molecule has 4 heterocycles. The first-order valence-corrected chi connectivity index (χ1v) is 11.7. The maximum Gasteiger partial charge on any atom is 0.257 e. The summed E-state index contributed by atoms with van der Waals surface area (Å²) < 4.78 is 1.69. The minimum absolute atomic E-state index is 0.138. The summed E-state index contributed by atoms with van der Waals surface area (Å²) in [4.78, 5) is 35.1. The Kier molecular flexibility index (Phi) is 5.18. The van der Waals surface area contributed by atoms with Crippen LogP contribution in [0.2, 0.25) is 0 Å². The Bertz CT molecular complexity index is 1590. The lowest BCUT2D eigenvalue weighted by Gasteiger charge is -2.34. The van der Waals surface area contributed by atoms with E-state index < -0.39 is 0 Å². The predicted octanol–water partition coefficient (Wildman–Crippen LogP) is 2.92. The molecule has 0 saturated carbocycles. The molecule has 9 heteroatoms. The Hall–Kier alpha value is -4.24. The maximum atomic E-state index is 12.9. The molecular weight excluding hydrogens is 442 g/mol. The molecule has 1 aliphatic rings. The largest absolute Gasteiger partial charge is 0.354 e. The Morgan fingerprint density at radius 3 is 2.49 bits per heavy atom. The normalized spacial score (nSPS) is 14.7. The standard InChI is InChI=1S/C26H25N7O2/c1-17(34)32-10-8-31(9-11-32)16-18-2-4-23-19(12-18)15-25(28-23)22-14-20-13-21(33-7-6-27-30-33)3-5-24(20)29-26(22)35/h2-7,12-15,28H,8-11,16H2,1H3,(H,29,35). The van der Waals surface area contributed by atoms with Gasteiger partial charge in [0.1, 0.15) is 0 Å². The van der Waals surface area contributed by atoms with Gasteiger partial charge in [0, 0.05) is 61.5 Å². The van der Waals surface area contributed by atoms with Crippen LogP contribution in [0.25, 0.3) is 38.8 Å². The van der Waals surface area contributed by atoms with Crippen molar-refractivity contribution < 1.29 is 4.79 Å². The number of rotatable bonds is 4. The first-order chi connectivity index (χ1) is 17.0. The molecule has 0 radical (unpaired) electrons. The molecule has 0 aliphatic carbocycles. The van der Waals surface area contributed by atoms with Crippen molar-refractivity contribution >= 4 is 27.7 Å². The van der Waals surface area contributed by atoms with Gasteiger partial charge >= 0.3 is 0 Å². The van der Waals surface area contributed by atoms with Crippen molar-refractivity contribution in [2.75, 3.05) is 26.2 Å². The highest BCUT2D eigenvalue weighted by Gasteiger charge is 2.19. The molecule has 0 unspecified atom stereocenters. The lowest BCUT2D eigenvalue weighted by atomic mass is 10.1. The number of benzene rings is 2. The van der Waals surface area contributed by atoms with Crippen molar-refractivity contribution in [2.24, 2.45) is 0 Å². The van der Waals surface area contributed by atoms with E-state index in [4.69, 9.17) is 0 Å². The molecule has 2 N–H and O–H groups in total.